The fourth-order valence-electron chi connectivity index (χ4n) is 3.60. The van der Waals surface area contributed by atoms with E-state index in [1.165, 1.54) is 10.5 Å². The average molecular weight is 447 g/mol. The molecule has 3 aromatic rings. The number of benzene rings is 1. The van der Waals surface area contributed by atoms with Gasteiger partial charge in [0.05, 0.1) is 12.1 Å². The van der Waals surface area contributed by atoms with Crippen LogP contribution in [-0.4, -0.2) is 58.8 Å². The van der Waals surface area contributed by atoms with Gasteiger partial charge in [-0.3, -0.25) is 4.40 Å². The SMILES string of the molecule is Cc1cc(N2CCN(C)CC2)ccc1NC(=O)NCc1nnc2ccc(C(F)(F)F)cn12. The summed E-state index contributed by atoms with van der Waals surface area (Å²) >= 11 is 0. The van der Waals surface area contributed by atoms with Crippen LogP contribution in [-0.2, 0) is 12.7 Å². The molecule has 3 heterocycles. The molecule has 0 atom stereocenters. The molecule has 0 unspecified atom stereocenters. The van der Waals surface area contributed by atoms with Crippen LogP contribution in [0.2, 0.25) is 0 Å². The largest absolute Gasteiger partial charge is 0.417 e. The highest BCUT2D eigenvalue weighted by Crippen LogP contribution is 2.29. The highest BCUT2D eigenvalue weighted by Gasteiger charge is 2.31. The van der Waals surface area contributed by atoms with Crippen LogP contribution < -0.4 is 15.5 Å². The van der Waals surface area contributed by atoms with E-state index in [1.54, 1.807) is 0 Å². The molecule has 2 aromatic heterocycles. The number of pyridine rings is 1. The fraction of sp³-hybridized carbons (Fsp3) is 0.381. The molecule has 0 saturated carbocycles. The number of nitrogens with zero attached hydrogens (tertiary/aromatic N) is 5. The number of carbonyl (C=O) groups is 1. The summed E-state index contributed by atoms with van der Waals surface area (Å²) in [7, 11) is 2.10. The summed E-state index contributed by atoms with van der Waals surface area (Å²) in [5, 5.41) is 13.1. The fourth-order valence-corrected chi connectivity index (χ4v) is 3.60. The van der Waals surface area contributed by atoms with Gasteiger partial charge < -0.3 is 20.4 Å². The number of amides is 2. The Bertz CT molecular complexity index is 1120. The number of fused-ring (bicyclic) bond motifs is 1. The minimum Gasteiger partial charge on any atom is -0.369 e. The number of aromatic nitrogens is 3. The second-order valence-electron chi connectivity index (χ2n) is 7.86. The first-order valence-corrected chi connectivity index (χ1v) is 10.2. The number of rotatable bonds is 4. The van der Waals surface area contributed by atoms with Crippen LogP contribution in [0, 0.1) is 6.92 Å². The Morgan fingerprint density at radius 2 is 1.84 bits per heavy atom. The summed E-state index contributed by atoms with van der Waals surface area (Å²) in [6.07, 6.45) is -3.56. The van der Waals surface area contributed by atoms with Gasteiger partial charge >= 0.3 is 12.2 Å². The van der Waals surface area contributed by atoms with Gasteiger partial charge in [-0.2, -0.15) is 13.2 Å². The molecule has 0 radical (unpaired) electrons. The van der Waals surface area contributed by atoms with Crippen molar-refractivity contribution in [1.29, 1.82) is 0 Å². The lowest BCUT2D eigenvalue weighted by Crippen LogP contribution is -2.44. The minimum absolute atomic E-state index is 0.0766. The number of hydrogen-bond donors (Lipinski definition) is 2. The topological polar surface area (TPSA) is 77.8 Å². The molecule has 0 bridgehead atoms. The Hall–Kier alpha value is -3.34. The van der Waals surface area contributed by atoms with Gasteiger partial charge in [0.15, 0.2) is 11.5 Å². The molecular formula is C21H24F3N7O. The first kappa shape index (κ1) is 21.9. The van der Waals surface area contributed by atoms with E-state index in [9.17, 15) is 18.0 Å². The molecular weight excluding hydrogens is 423 g/mol. The summed E-state index contributed by atoms with van der Waals surface area (Å²) in [4.78, 5) is 17.0. The van der Waals surface area contributed by atoms with Crippen molar-refractivity contribution in [3.63, 3.8) is 0 Å². The van der Waals surface area contributed by atoms with E-state index in [0.29, 0.717) is 5.69 Å². The number of urea groups is 1. The van der Waals surface area contributed by atoms with E-state index < -0.39 is 17.8 Å². The third-order valence-electron chi connectivity index (χ3n) is 5.53. The average Bonchev–Trinajstić information content (AvgIpc) is 3.16. The Labute approximate surface area is 183 Å². The molecule has 0 spiro atoms. The van der Waals surface area contributed by atoms with Gasteiger partial charge in [0.25, 0.3) is 0 Å². The molecule has 2 amide bonds. The van der Waals surface area contributed by atoms with Crippen LogP contribution in [0.4, 0.5) is 29.3 Å². The molecule has 1 aromatic carbocycles. The summed E-state index contributed by atoms with van der Waals surface area (Å²) < 4.78 is 40.1. The van der Waals surface area contributed by atoms with Crippen LogP contribution >= 0.6 is 0 Å². The molecule has 2 N–H and O–H groups in total. The summed E-state index contributed by atoms with van der Waals surface area (Å²) in [6.45, 7) is 5.75. The lowest BCUT2D eigenvalue weighted by molar-refractivity contribution is -0.137. The predicted octanol–water partition coefficient (Wildman–Crippen LogP) is 3.13. The van der Waals surface area contributed by atoms with Crippen molar-refractivity contribution in [2.75, 3.05) is 43.4 Å². The van der Waals surface area contributed by atoms with Crippen molar-refractivity contribution >= 4 is 23.1 Å². The molecule has 4 rings (SSSR count). The van der Waals surface area contributed by atoms with Gasteiger partial charge in [-0.15, -0.1) is 10.2 Å². The number of alkyl halides is 3. The number of nitrogens with one attached hydrogen (secondary N) is 2. The molecule has 32 heavy (non-hydrogen) atoms. The first-order chi connectivity index (χ1) is 15.2. The van der Waals surface area contributed by atoms with Gasteiger partial charge in [-0.25, -0.2) is 4.79 Å². The number of likely N-dealkylation sites (N-methyl/N-ethyl adjacent to an activating group) is 1. The summed E-state index contributed by atoms with van der Waals surface area (Å²) in [6, 6.07) is 7.56. The smallest absolute Gasteiger partial charge is 0.369 e. The van der Waals surface area contributed by atoms with E-state index in [0.717, 1.165) is 49.7 Å². The first-order valence-electron chi connectivity index (χ1n) is 10.2. The van der Waals surface area contributed by atoms with E-state index in [2.05, 4.69) is 37.7 Å². The van der Waals surface area contributed by atoms with Crippen molar-refractivity contribution in [2.45, 2.75) is 19.6 Å². The zero-order valence-electron chi connectivity index (χ0n) is 17.8. The zero-order chi connectivity index (χ0) is 22.9. The number of halogens is 3. The van der Waals surface area contributed by atoms with Gasteiger partial charge in [0.1, 0.15) is 0 Å². The molecule has 11 heteroatoms. The number of carbonyl (C=O) groups excluding carboxylic acids is 1. The normalized spacial score (nSPS) is 15.2. The van der Waals surface area contributed by atoms with E-state index in [-0.39, 0.29) is 18.0 Å². The third kappa shape index (κ3) is 4.77. The van der Waals surface area contributed by atoms with Gasteiger partial charge in [0, 0.05) is 43.8 Å². The summed E-state index contributed by atoms with van der Waals surface area (Å²) in [5.41, 5.74) is 2.14. The van der Waals surface area contributed by atoms with Crippen LogP contribution in [0.15, 0.2) is 36.5 Å². The van der Waals surface area contributed by atoms with Crippen molar-refractivity contribution in [3.05, 3.63) is 53.5 Å². The molecule has 170 valence electrons. The van der Waals surface area contributed by atoms with Crippen molar-refractivity contribution < 1.29 is 18.0 Å². The molecule has 1 aliphatic rings. The predicted molar refractivity (Wildman–Crippen MR) is 115 cm³/mol. The third-order valence-corrected chi connectivity index (χ3v) is 5.53. The van der Waals surface area contributed by atoms with Gasteiger partial charge in [-0.1, -0.05) is 0 Å². The number of piperazine rings is 1. The zero-order valence-corrected chi connectivity index (χ0v) is 17.8. The maximum Gasteiger partial charge on any atom is 0.417 e. The second-order valence-corrected chi connectivity index (χ2v) is 7.86. The lowest BCUT2D eigenvalue weighted by Gasteiger charge is -2.34. The number of hydrogen-bond acceptors (Lipinski definition) is 5. The lowest BCUT2D eigenvalue weighted by atomic mass is 10.1. The highest BCUT2D eigenvalue weighted by atomic mass is 19.4. The number of aryl methyl sites for hydroxylation is 1. The Morgan fingerprint density at radius 1 is 1.09 bits per heavy atom. The van der Waals surface area contributed by atoms with E-state index >= 15 is 0 Å². The van der Waals surface area contributed by atoms with Crippen LogP contribution in [0.25, 0.3) is 5.65 Å². The molecule has 0 aliphatic carbocycles. The van der Waals surface area contributed by atoms with E-state index in [1.807, 2.05) is 25.1 Å². The van der Waals surface area contributed by atoms with Crippen molar-refractivity contribution in [3.8, 4) is 0 Å². The minimum atomic E-state index is -4.48. The molecule has 1 aliphatic heterocycles. The Kier molecular flexibility index (Phi) is 5.92. The molecule has 8 nitrogen and oxygen atoms in total. The van der Waals surface area contributed by atoms with Gasteiger partial charge in [0.2, 0.25) is 0 Å². The maximum atomic E-state index is 13.0. The Balaban J connectivity index is 1.39. The van der Waals surface area contributed by atoms with Crippen LogP contribution in [0.5, 0.6) is 0 Å². The maximum absolute atomic E-state index is 13.0. The highest BCUT2D eigenvalue weighted by molar-refractivity contribution is 5.90. The van der Waals surface area contributed by atoms with Crippen molar-refractivity contribution in [2.24, 2.45) is 0 Å². The van der Waals surface area contributed by atoms with Crippen LogP contribution in [0.1, 0.15) is 17.0 Å². The standard InChI is InChI=1S/C21H24F3N7O/c1-14-11-16(30-9-7-29(2)8-10-30)4-5-17(14)26-20(32)25-12-19-28-27-18-6-3-15(13-31(18)19)21(22,23)24/h3-6,11,13H,7-10,12H2,1-2H3,(H2,25,26,32). The quantitative estimate of drug-likeness (QED) is 0.643. The second kappa shape index (κ2) is 8.65. The van der Waals surface area contributed by atoms with Gasteiger partial charge in [-0.05, 0) is 49.9 Å². The Morgan fingerprint density at radius 3 is 2.53 bits per heavy atom. The molecule has 1 saturated heterocycles. The monoisotopic (exact) mass is 447 g/mol. The van der Waals surface area contributed by atoms with Crippen molar-refractivity contribution in [1.82, 2.24) is 24.8 Å². The molecule has 1 fully saturated rings. The van der Waals surface area contributed by atoms with E-state index in [4.69, 9.17) is 0 Å². The van der Waals surface area contributed by atoms with Crippen LogP contribution in [0.3, 0.4) is 0 Å². The number of anilines is 2. The summed E-state index contributed by atoms with van der Waals surface area (Å²) in [5.74, 6) is 0.198.